The number of hydrogen-bond acceptors (Lipinski definition) is 5. The first-order valence-corrected chi connectivity index (χ1v) is 9.53. The molecule has 1 aromatic heterocycles. The summed E-state index contributed by atoms with van der Waals surface area (Å²) in [7, 11) is 3.89. The van der Waals surface area contributed by atoms with Gasteiger partial charge in [0.1, 0.15) is 0 Å². The monoisotopic (exact) mass is 391 g/mol. The Hall–Kier alpha value is -3.41. The largest absolute Gasteiger partial charge is 0.452 e. The second-order valence-corrected chi connectivity index (χ2v) is 6.99. The van der Waals surface area contributed by atoms with Crippen molar-refractivity contribution >= 4 is 34.2 Å². The number of carbonyl (C=O) groups is 2. The third-order valence-corrected chi connectivity index (χ3v) is 4.78. The van der Waals surface area contributed by atoms with Gasteiger partial charge in [-0.25, -0.2) is 4.79 Å². The maximum atomic E-state index is 12.8. The van der Waals surface area contributed by atoms with Gasteiger partial charge in [0.2, 0.25) is 0 Å². The molecule has 0 aliphatic rings. The van der Waals surface area contributed by atoms with Gasteiger partial charge < -0.3 is 15.0 Å². The number of hydrogen-bond donors (Lipinski definition) is 1. The van der Waals surface area contributed by atoms with E-state index < -0.39 is 5.97 Å². The Morgan fingerprint density at radius 1 is 1.07 bits per heavy atom. The average Bonchev–Trinajstić information content (AvgIpc) is 2.72. The van der Waals surface area contributed by atoms with Crippen LogP contribution in [0.25, 0.3) is 10.9 Å². The maximum Gasteiger partial charge on any atom is 0.339 e. The van der Waals surface area contributed by atoms with E-state index in [0.29, 0.717) is 17.7 Å². The van der Waals surface area contributed by atoms with Crippen molar-refractivity contribution in [1.82, 2.24) is 4.98 Å². The van der Waals surface area contributed by atoms with Crippen LogP contribution in [0.5, 0.6) is 0 Å². The summed E-state index contributed by atoms with van der Waals surface area (Å²) in [6.45, 7) is 3.50. The van der Waals surface area contributed by atoms with E-state index >= 15 is 0 Å². The van der Waals surface area contributed by atoms with E-state index in [9.17, 15) is 9.59 Å². The number of nitrogens with zero attached hydrogens (tertiary/aromatic N) is 2. The lowest BCUT2D eigenvalue weighted by Crippen LogP contribution is -2.21. The summed E-state index contributed by atoms with van der Waals surface area (Å²) < 4.78 is 5.33. The summed E-state index contributed by atoms with van der Waals surface area (Å²) in [5, 5.41) is 3.47. The van der Waals surface area contributed by atoms with Crippen molar-refractivity contribution in [1.29, 1.82) is 0 Å². The van der Waals surface area contributed by atoms with Crippen LogP contribution in [0, 0.1) is 6.92 Å². The number of rotatable bonds is 6. The lowest BCUT2D eigenvalue weighted by atomic mass is 10.0. The predicted octanol–water partition coefficient (Wildman–Crippen LogP) is 3.97. The number of nitrogens with one attached hydrogen (secondary N) is 1. The summed E-state index contributed by atoms with van der Waals surface area (Å²) in [5.74, 6) is -0.906. The molecule has 0 bridgehead atoms. The number of aromatic nitrogens is 1. The van der Waals surface area contributed by atoms with Gasteiger partial charge in [-0.3, -0.25) is 9.78 Å². The maximum absolute atomic E-state index is 12.8. The normalized spacial score (nSPS) is 10.6. The molecule has 2 aromatic carbocycles. The Kier molecular flexibility index (Phi) is 6.12. The van der Waals surface area contributed by atoms with Crippen molar-refractivity contribution in [3.05, 3.63) is 65.4 Å². The minimum Gasteiger partial charge on any atom is -0.452 e. The molecule has 3 aromatic rings. The first-order chi connectivity index (χ1) is 13.9. The number of esters is 1. The van der Waals surface area contributed by atoms with Crippen LogP contribution in [-0.4, -0.2) is 37.6 Å². The molecule has 29 heavy (non-hydrogen) atoms. The lowest BCUT2D eigenvalue weighted by Gasteiger charge is -2.14. The van der Waals surface area contributed by atoms with Crippen LogP contribution >= 0.6 is 0 Å². The number of carbonyl (C=O) groups excluding carboxylic acids is 2. The second-order valence-electron chi connectivity index (χ2n) is 6.99. The minimum absolute atomic E-state index is 0.355. The van der Waals surface area contributed by atoms with E-state index in [4.69, 9.17) is 4.74 Å². The van der Waals surface area contributed by atoms with Crippen molar-refractivity contribution in [2.45, 2.75) is 20.3 Å². The summed E-state index contributed by atoms with van der Waals surface area (Å²) in [5.41, 5.74) is 4.52. The van der Waals surface area contributed by atoms with Gasteiger partial charge in [-0.2, -0.15) is 0 Å². The van der Waals surface area contributed by atoms with E-state index in [1.807, 2.05) is 81.4 Å². The zero-order valence-corrected chi connectivity index (χ0v) is 17.2. The van der Waals surface area contributed by atoms with Crippen LogP contribution in [0.1, 0.15) is 28.5 Å². The molecule has 1 N–H and O–H groups in total. The minimum atomic E-state index is -0.520. The Morgan fingerprint density at radius 3 is 2.41 bits per heavy atom. The zero-order valence-electron chi connectivity index (χ0n) is 17.2. The number of para-hydroxylation sites is 1. The topological polar surface area (TPSA) is 71.5 Å². The van der Waals surface area contributed by atoms with Gasteiger partial charge in [-0.1, -0.05) is 25.1 Å². The number of aryl methyl sites for hydroxylation is 1. The molecule has 1 heterocycles. The number of ether oxygens (including phenoxy) is 1. The first kappa shape index (κ1) is 20.3. The number of anilines is 2. The van der Waals surface area contributed by atoms with Gasteiger partial charge in [0.05, 0.1) is 11.1 Å². The number of fused-ring (bicyclic) bond motifs is 1. The third-order valence-electron chi connectivity index (χ3n) is 4.78. The quantitative estimate of drug-likeness (QED) is 0.644. The number of benzene rings is 2. The molecular formula is C23H25N3O3. The standard InChI is InChI=1S/C23H25N3O3/c1-5-19-15(2)22(18-8-6-7-9-20(18)25-19)23(28)29-14-21(27)24-16-10-12-17(13-11-16)26(3)4/h6-13H,5,14H2,1-4H3,(H,24,27). The summed E-state index contributed by atoms with van der Waals surface area (Å²) >= 11 is 0. The summed E-state index contributed by atoms with van der Waals surface area (Å²) in [4.78, 5) is 31.6. The second kappa shape index (κ2) is 8.73. The van der Waals surface area contributed by atoms with Crippen LogP contribution < -0.4 is 10.2 Å². The van der Waals surface area contributed by atoms with Crippen molar-refractivity contribution < 1.29 is 14.3 Å². The predicted molar refractivity (Wildman–Crippen MR) is 116 cm³/mol. The average molecular weight is 391 g/mol. The van der Waals surface area contributed by atoms with Crippen LogP contribution in [0.15, 0.2) is 48.5 Å². The molecule has 0 aliphatic carbocycles. The molecule has 1 amide bonds. The van der Waals surface area contributed by atoms with Gasteiger partial charge >= 0.3 is 5.97 Å². The zero-order chi connectivity index (χ0) is 21.0. The Morgan fingerprint density at radius 2 is 1.76 bits per heavy atom. The van der Waals surface area contributed by atoms with Crippen molar-refractivity contribution in [2.75, 3.05) is 30.9 Å². The van der Waals surface area contributed by atoms with Crippen LogP contribution in [0.4, 0.5) is 11.4 Å². The van der Waals surface area contributed by atoms with E-state index in [2.05, 4.69) is 10.3 Å². The van der Waals surface area contributed by atoms with Gasteiger partial charge in [-0.05, 0) is 49.2 Å². The van der Waals surface area contributed by atoms with E-state index in [0.717, 1.165) is 27.8 Å². The number of amides is 1. The van der Waals surface area contributed by atoms with Crippen molar-refractivity contribution in [2.24, 2.45) is 0 Å². The fourth-order valence-electron chi connectivity index (χ4n) is 3.21. The molecule has 0 saturated heterocycles. The van der Waals surface area contributed by atoms with Crippen molar-refractivity contribution in [3.8, 4) is 0 Å². The molecule has 0 fully saturated rings. The van der Waals surface area contributed by atoms with Gasteiger partial charge in [0, 0.05) is 36.6 Å². The van der Waals surface area contributed by atoms with Gasteiger partial charge in [0.25, 0.3) is 5.91 Å². The molecule has 0 spiro atoms. The van der Waals surface area contributed by atoms with Crippen LogP contribution in [0.3, 0.4) is 0 Å². The van der Waals surface area contributed by atoms with Gasteiger partial charge in [0.15, 0.2) is 6.61 Å². The lowest BCUT2D eigenvalue weighted by molar-refractivity contribution is -0.119. The molecule has 6 nitrogen and oxygen atoms in total. The third kappa shape index (κ3) is 4.54. The highest BCUT2D eigenvalue weighted by molar-refractivity contribution is 6.05. The smallest absolute Gasteiger partial charge is 0.339 e. The van der Waals surface area contributed by atoms with Crippen LogP contribution in [-0.2, 0) is 16.0 Å². The van der Waals surface area contributed by atoms with Gasteiger partial charge in [-0.15, -0.1) is 0 Å². The molecule has 0 unspecified atom stereocenters. The van der Waals surface area contributed by atoms with Crippen molar-refractivity contribution in [3.63, 3.8) is 0 Å². The van der Waals surface area contributed by atoms with E-state index in [1.165, 1.54) is 0 Å². The Bertz CT molecular complexity index is 1040. The number of pyridine rings is 1. The molecule has 150 valence electrons. The summed E-state index contributed by atoms with van der Waals surface area (Å²) in [6.07, 6.45) is 0.709. The molecule has 6 heteroatoms. The molecule has 0 saturated carbocycles. The molecule has 3 rings (SSSR count). The van der Waals surface area contributed by atoms with Crippen LogP contribution in [0.2, 0.25) is 0 Å². The molecular weight excluding hydrogens is 366 g/mol. The Labute approximate surface area is 170 Å². The highest BCUT2D eigenvalue weighted by Crippen LogP contribution is 2.24. The molecule has 0 aliphatic heterocycles. The molecule has 0 atom stereocenters. The Balaban J connectivity index is 1.72. The molecule has 0 radical (unpaired) electrons. The SMILES string of the molecule is CCc1nc2ccccc2c(C(=O)OCC(=O)Nc2ccc(N(C)C)cc2)c1C. The first-order valence-electron chi connectivity index (χ1n) is 9.53. The fourth-order valence-corrected chi connectivity index (χ4v) is 3.21. The highest BCUT2D eigenvalue weighted by atomic mass is 16.5. The fraction of sp³-hybridized carbons (Fsp3) is 0.261. The van der Waals surface area contributed by atoms with E-state index in [1.54, 1.807) is 0 Å². The highest BCUT2D eigenvalue weighted by Gasteiger charge is 2.19. The summed E-state index contributed by atoms with van der Waals surface area (Å²) in [6, 6.07) is 14.9. The van der Waals surface area contributed by atoms with E-state index in [-0.39, 0.29) is 12.5 Å².